The minimum Gasteiger partial charge on any atom is -0.357 e. The van der Waals surface area contributed by atoms with Gasteiger partial charge in [0.25, 0.3) is 0 Å². The Bertz CT molecular complexity index is 793. The van der Waals surface area contributed by atoms with Crippen LogP contribution in [0.15, 0.2) is 53.5 Å². The molecule has 150 valence electrons. The number of carbonyl (C=O) groups excluding carboxylic acids is 1. The standard InChI is InChI=1S/C21H26F2N4O/c1-3-24-21(27(2)15-17-5-4-6-19(23)13-17)26-12-11-25-20(28)14-16-7-9-18(22)10-8-16/h4-10,13H,3,11-12,14-15H2,1-2H3,(H,24,26)(H,25,28). The molecule has 2 aromatic rings. The number of rotatable bonds is 8. The van der Waals surface area contributed by atoms with Crippen LogP contribution in [0.4, 0.5) is 8.78 Å². The molecule has 2 aromatic carbocycles. The molecule has 0 aliphatic heterocycles. The highest BCUT2D eigenvalue weighted by molar-refractivity contribution is 5.80. The Hall–Kier alpha value is -2.96. The molecule has 0 saturated heterocycles. The monoisotopic (exact) mass is 388 g/mol. The summed E-state index contributed by atoms with van der Waals surface area (Å²) in [5.74, 6) is -0.0482. The number of hydrogen-bond donors (Lipinski definition) is 2. The minimum atomic E-state index is -0.322. The quantitative estimate of drug-likeness (QED) is 0.415. The molecule has 0 fully saturated rings. The van der Waals surface area contributed by atoms with Crippen LogP contribution >= 0.6 is 0 Å². The molecule has 0 unspecified atom stereocenters. The van der Waals surface area contributed by atoms with Gasteiger partial charge in [0.1, 0.15) is 11.6 Å². The predicted molar refractivity (Wildman–Crippen MR) is 107 cm³/mol. The van der Waals surface area contributed by atoms with Crippen molar-refractivity contribution in [1.29, 1.82) is 0 Å². The molecule has 0 aliphatic carbocycles. The summed E-state index contributed by atoms with van der Waals surface area (Å²) in [4.78, 5) is 18.4. The zero-order chi connectivity index (χ0) is 20.4. The lowest BCUT2D eigenvalue weighted by Gasteiger charge is -2.22. The van der Waals surface area contributed by atoms with E-state index in [-0.39, 0.29) is 24.0 Å². The van der Waals surface area contributed by atoms with Gasteiger partial charge in [-0.05, 0) is 42.3 Å². The minimum absolute atomic E-state index is 0.139. The van der Waals surface area contributed by atoms with Crippen molar-refractivity contribution in [3.63, 3.8) is 0 Å². The maximum absolute atomic E-state index is 13.3. The first-order valence-electron chi connectivity index (χ1n) is 9.23. The van der Waals surface area contributed by atoms with Gasteiger partial charge in [0.15, 0.2) is 5.96 Å². The predicted octanol–water partition coefficient (Wildman–Crippen LogP) is 2.72. The van der Waals surface area contributed by atoms with Crippen molar-refractivity contribution < 1.29 is 13.6 Å². The second kappa shape index (κ2) is 11.0. The van der Waals surface area contributed by atoms with Gasteiger partial charge in [0, 0.05) is 26.7 Å². The van der Waals surface area contributed by atoms with E-state index in [4.69, 9.17) is 0 Å². The van der Waals surface area contributed by atoms with Gasteiger partial charge in [-0.25, -0.2) is 8.78 Å². The lowest BCUT2D eigenvalue weighted by molar-refractivity contribution is -0.120. The Morgan fingerprint density at radius 1 is 1.04 bits per heavy atom. The Balaban J connectivity index is 1.82. The fourth-order valence-corrected chi connectivity index (χ4v) is 2.66. The Morgan fingerprint density at radius 2 is 1.79 bits per heavy atom. The average Bonchev–Trinajstić information content (AvgIpc) is 2.66. The zero-order valence-corrected chi connectivity index (χ0v) is 16.2. The van der Waals surface area contributed by atoms with E-state index < -0.39 is 0 Å². The summed E-state index contributed by atoms with van der Waals surface area (Å²) < 4.78 is 26.2. The highest BCUT2D eigenvalue weighted by Gasteiger charge is 2.07. The Labute approximate surface area is 164 Å². The number of carbonyl (C=O) groups is 1. The normalized spacial score (nSPS) is 11.2. The van der Waals surface area contributed by atoms with Gasteiger partial charge in [0.2, 0.25) is 5.91 Å². The van der Waals surface area contributed by atoms with Crippen LogP contribution in [0.5, 0.6) is 0 Å². The fourth-order valence-electron chi connectivity index (χ4n) is 2.66. The van der Waals surface area contributed by atoms with E-state index in [1.807, 2.05) is 24.9 Å². The maximum Gasteiger partial charge on any atom is 0.224 e. The van der Waals surface area contributed by atoms with Gasteiger partial charge < -0.3 is 15.5 Å². The molecule has 1 amide bonds. The molecule has 7 heteroatoms. The van der Waals surface area contributed by atoms with Gasteiger partial charge in [-0.1, -0.05) is 24.3 Å². The smallest absolute Gasteiger partial charge is 0.224 e. The van der Waals surface area contributed by atoms with Crippen molar-refractivity contribution in [2.75, 3.05) is 26.7 Å². The van der Waals surface area contributed by atoms with Crippen LogP contribution in [0.2, 0.25) is 0 Å². The molecule has 0 saturated carbocycles. The molecule has 2 N–H and O–H groups in total. The molecular formula is C21H26F2N4O. The number of halogens is 2. The number of nitrogens with zero attached hydrogens (tertiary/aromatic N) is 2. The molecular weight excluding hydrogens is 362 g/mol. The second-order valence-electron chi connectivity index (χ2n) is 6.37. The number of amides is 1. The first kappa shape index (κ1) is 21.3. The number of benzene rings is 2. The zero-order valence-electron chi connectivity index (χ0n) is 16.2. The number of aliphatic imine (C=N–C) groups is 1. The highest BCUT2D eigenvalue weighted by Crippen LogP contribution is 2.06. The molecule has 5 nitrogen and oxygen atoms in total. The van der Waals surface area contributed by atoms with Gasteiger partial charge in [0.05, 0.1) is 13.0 Å². The first-order chi connectivity index (χ1) is 13.5. The van der Waals surface area contributed by atoms with Crippen molar-refractivity contribution in [3.8, 4) is 0 Å². The number of guanidine groups is 1. The SMILES string of the molecule is CCNC(=NCCNC(=O)Cc1ccc(F)cc1)N(C)Cc1cccc(F)c1. The number of hydrogen-bond acceptors (Lipinski definition) is 2. The van der Waals surface area contributed by atoms with Crippen LogP contribution in [0.1, 0.15) is 18.1 Å². The molecule has 0 aromatic heterocycles. The average molecular weight is 388 g/mol. The highest BCUT2D eigenvalue weighted by atomic mass is 19.1. The van der Waals surface area contributed by atoms with Crippen LogP contribution in [0.3, 0.4) is 0 Å². The summed E-state index contributed by atoms with van der Waals surface area (Å²) in [5, 5.41) is 5.99. The summed E-state index contributed by atoms with van der Waals surface area (Å²) in [6.45, 7) is 3.98. The van der Waals surface area contributed by atoms with Gasteiger partial charge in [-0.3, -0.25) is 9.79 Å². The molecule has 0 radical (unpaired) electrons. The topological polar surface area (TPSA) is 56.7 Å². The van der Waals surface area contributed by atoms with Crippen LogP contribution in [0, 0.1) is 11.6 Å². The molecule has 28 heavy (non-hydrogen) atoms. The lowest BCUT2D eigenvalue weighted by atomic mass is 10.1. The van der Waals surface area contributed by atoms with Crippen LogP contribution in [-0.4, -0.2) is 43.4 Å². The summed E-state index contributed by atoms with van der Waals surface area (Å²) in [7, 11) is 1.87. The second-order valence-corrected chi connectivity index (χ2v) is 6.37. The summed E-state index contributed by atoms with van der Waals surface area (Å²) >= 11 is 0. The summed E-state index contributed by atoms with van der Waals surface area (Å²) in [6, 6.07) is 12.3. The van der Waals surface area contributed by atoms with E-state index in [0.717, 1.165) is 11.1 Å². The fraction of sp³-hybridized carbons (Fsp3) is 0.333. The third-order valence-corrected chi connectivity index (χ3v) is 3.98. The summed E-state index contributed by atoms with van der Waals surface area (Å²) in [5.41, 5.74) is 1.60. The molecule has 0 spiro atoms. The van der Waals surface area contributed by atoms with Crippen LogP contribution < -0.4 is 10.6 Å². The van der Waals surface area contributed by atoms with E-state index in [2.05, 4.69) is 15.6 Å². The lowest BCUT2D eigenvalue weighted by Crippen LogP contribution is -2.39. The van der Waals surface area contributed by atoms with E-state index in [1.165, 1.54) is 24.3 Å². The molecule has 0 atom stereocenters. The van der Waals surface area contributed by atoms with E-state index >= 15 is 0 Å². The largest absolute Gasteiger partial charge is 0.357 e. The van der Waals surface area contributed by atoms with Crippen molar-refractivity contribution in [3.05, 3.63) is 71.3 Å². The van der Waals surface area contributed by atoms with Gasteiger partial charge in [-0.15, -0.1) is 0 Å². The van der Waals surface area contributed by atoms with Crippen molar-refractivity contribution in [1.82, 2.24) is 15.5 Å². The number of nitrogens with one attached hydrogen (secondary N) is 2. The summed E-state index contributed by atoms with van der Waals surface area (Å²) in [6.07, 6.45) is 0.198. The molecule has 0 aliphatic rings. The maximum atomic E-state index is 13.3. The molecule has 2 rings (SSSR count). The first-order valence-corrected chi connectivity index (χ1v) is 9.23. The molecule has 0 bridgehead atoms. The Kier molecular flexibility index (Phi) is 8.39. The van der Waals surface area contributed by atoms with Gasteiger partial charge in [-0.2, -0.15) is 0 Å². The van der Waals surface area contributed by atoms with E-state index in [9.17, 15) is 13.6 Å². The van der Waals surface area contributed by atoms with Crippen LogP contribution in [-0.2, 0) is 17.8 Å². The van der Waals surface area contributed by atoms with E-state index in [1.54, 1.807) is 18.2 Å². The van der Waals surface area contributed by atoms with Crippen molar-refractivity contribution in [2.24, 2.45) is 4.99 Å². The van der Waals surface area contributed by atoms with Crippen molar-refractivity contribution >= 4 is 11.9 Å². The Morgan fingerprint density at radius 3 is 2.46 bits per heavy atom. The third-order valence-electron chi connectivity index (χ3n) is 3.98. The van der Waals surface area contributed by atoms with Gasteiger partial charge >= 0.3 is 0 Å². The van der Waals surface area contributed by atoms with Crippen LogP contribution in [0.25, 0.3) is 0 Å². The third kappa shape index (κ3) is 7.34. The van der Waals surface area contributed by atoms with Crippen molar-refractivity contribution in [2.45, 2.75) is 19.9 Å². The van der Waals surface area contributed by atoms with E-state index in [0.29, 0.717) is 32.1 Å². The molecule has 0 heterocycles.